The van der Waals surface area contributed by atoms with Crippen LogP contribution in [-0.2, 0) is 19.0 Å². The van der Waals surface area contributed by atoms with E-state index < -0.39 is 17.6 Å². The fourth-order valence-corrected chi connectivity index (χ4v) is 2.53. The van der Waals surface area contributed by atoms with E-state index in [1.54, 1.807) is 0 Å². The molecule has 1 aliphatic rings. The van der Waals surface area contributed by atoms with Crippen molar-refractivity contribution in [2.24, 2.45) is 0 Å². The number of aryl methyl sites for hydroxylation is 1. The zero-order chi connectivity index (χ0) is 15.7. The van der Waals surface area contributed by atoms with Crippen LogP contribution in [0.15, 0.2) is 28.8 Å². The summed E-state index contributed by atoms with van der Waals surface area (Å²) in [5, 5.41) is 6.20. The number of halogens is 3. The standard InChI is InChI=1S/C15H13F3N2O2/c16-15(17,18)9-4-3-5-10(8-9)19-14(21)13-11-6-1-2-7-12(11)22-20-13/h3-5,8H,1-2,6-7H2,(H,19,21). The highest BCUT2D eigenvalue weighted by Crippen LogP contribution is 2.31. The van der Waals surface area contributed by atoms with E-state index >= 15 is 0 Å². The first-order valence-corrected chi connectivity index (χ1v) is 6.91. The van der Waals surface area contributed by atoms with Crippen LogP contribution >= 0.6 is 0 Å². The highest BCUT2D eigenvalue weighted by molar-refractivity contribution is 6.04. The lowest BCUT2D eigenvalue weighted by atomic mass is 9.96. The Labute approximate surface area is 124 Å². The number of nitrogens with one attached hydrogen (secondary N) is 1. The number of fused-ring (bicyclic) bond motifs is 1. The highest BCUT2D eigenvalue weighted by Gasteiger charge is 2.31. The average molecular weight is 310 g/mol. The van der Waals surface area contributed by atoms with Crippen LogP contribution in [0.25, 0.3) is 0 Å². The van der Waals surface area contributed by atoms with Gasteiger partial charge < -0.3 is 9.84 Å². The fraction of sp³-hybridized carbons (Fsp3) is 0.333. The van der Waals surface area contributed by atoms with Crippen LogP contribution in [0.2, 0.25) is 0 Å². The van der Waals surface area contributed by atoms with Gasteiger partial charge in [-0.2, -0.15) is 13.2 Å². The molecule has 116 valence electrons. The molecule has 1 aromatic carbocycles. The minimum absolute atomic E-state index is 0.0763. The largest absolute Gasteiger partial charge is 0.416 e. The molecule has 0 fully saturated rings. The SMILES string of the molecule is O=C(Nc1cccc(C(F)(F)F)c1)c1noc2c1CCCC2. The van der Waals surface area contributed by atoms with Crippen molar-refractivity contribution in [1.82, 2.24) is 5.16 Å². The molecule has 3 rings (SSSR count). The van der Waals surface area contributed by atoms with Crippen LogP contribution in [0, 0.1) is 0 Å². The van der Waals surface area contributed by atoms with Crippen molar-refractivity contribution < 1.29 is 22.5 Å². The number of rotatable bonds is 2. The molecular formula is C15H13F3N2O2. The number of benzene rings is 1. The summed E-state index contributed by atoms with van der Waals surface area (Å²) in [5.41, 5.74) is 0.183. The normalized spacial score (nSPS) is 14.5. The predicted octanol–water partition coefficient (Wildman–Crippen LogP) is 3.82. The first kappa shape index (κ1) is 14.6. The van der Waals surface area contributed by atoms with Gasteiger partial charge in [0.25, 0.3) is 5.91 Å². The van der Waals surface area contributed by atoms with Gasteiger partial charge >= 0.3 is 6.18 Å². The lowest BCUT2D eigenvalue weighted by Crippen LogP contribution is -2.16. The third-order valence-electron chi connectivity index (χ3n) is 3.61. The molecule has 0 atom stereocenters. The van der Waals surface area contributed by atoms with Crippen LogP contribution in [-0.4, -0.2) is 11.1 Å². The first-order chi connectivity index (χ1) is 10.4. The molecule has 1 aromatic heterocycles. The van der Waals surface area contributed by atoms with E-state index in [-0.39, 0.29) is 11.4 Å². The van der Waals surface area contributed by atoms with Gasteiger partial charge in [0.15, 0.2) is 5.69 Å². The summed E-state index contributed by atoms with van der Waals surface area (Å²) in [6.07, 6.45) is -1.09. The smallest absolute Gasteiger partial charge is 0.360 e. The lowest BCUT2D eigenvalue weighted by molar-refractivity contribution is -0.137. The molecule has 0 spiro atoms. The molecule has 0 unspecified atom stereocenters. The van der Waals surface area contributed by atoms with Crippen molar-refractivity contribution in [3.63, 3.8) is 0 Å². The van der Waals surface area contributed by atoms with Gasteiger partial charge in [0.1, 0.15) is 5.76 Å². The molecule has 0 saturated heterocycles. The summed E-state index contributed by atoms with van der Waals surface area (Å²) >= 11 is 0. The molecule has 4 nitrogen and oxygen atoms in total. The Hall–Kier alpha value is -2.31. The van der Waals surface area contributed by atoms with Gasteiger partial charge in [0.2, 0.25) is 0 Å². The Morgan fingerprint density at radius 3 is 2.77 bits per heavy atom. The van der Waals surface area contributed by atoms with E-state index in [0.717, 1.165) is 37.0 Å². The molecule has 2 aromatic rings. The van der Waals surface area contributed by atoms with E-state index in [2.05, 4.69) is 10.5 Å². The average Bonchev–Trinajstić information content (AvgIpc) is 2.90. The number of hydrogen-bond donors (Lipinski definition) is 1. The second-order valence-electron chi connectivity index (χ2n) is 5.17. The van der Waals surface area contributed by atoms with Gasteiger partial charge in [-0.05, 0) is 37.5 Å². The number of amides is 1. The summed E-state index contributed by atoms with van der Waals surface area (Å²) in [4.78, 5) is 12.2. The minimum atomic E-state index is -4.45. The highest BCUT2D eigenvalue weighted by atomic mass is 19.4. The summed E-state index contributed by atoms with van der Waals surface area (Å²) in [6.45, 7) is 0. The van der Waals surface area contributed by atoms with Crippen molar-refractivity contribution in [3.8, 4) is 0 Å². The third-order valence-corrected chi connectivity index (χ3v) is 3.61. The number of carbonyl (C=O) groups excluding carboxylic acids is 1. The molecule has 0 radical (unpaired) electrons. The zero-order valence-corrected chi connectivity index (χ0v) is 11.5. The Morgan fingerprint density at radius 2 is 2.00 bits per heavy atom. The number of hydrogen-bond acceptors (Lipinski definition) is 3. The van der Waals surface area contributed by atoms with E-state index in [4.69, 9.17) is 4.52 Å². The monoisotopic (exact) mass is 310 g/mol. The van der Waals surface area contributed by atoms with Crippen molar-refractivity contribution in [3.05, 3.63) is 46.8 Å². The Balaban J connectivity index is 1.82. The summed E-state index contributed by atoms with van der Waals surface area (Å²) in [5.74, 6) is 0.145. The number of aromatic nitrogens is 1. The summed E-state index contributed by atoms with van der Waals surface area (Å²) in [6, 6.07) is 4.49. The quantitative estimate of drug-likeness (QED) is 0.917. The molecule has 1 aliphatic carbocycles. The van der Waals surface area contributed by atoms with Gasteiger partial charge in [-0.3, -0.25) is 4.79 Å². The Morgan fingerprint density at radius 1 is 1.23 bits per heavy atom. The molecule has 1 amide bonds. The topological polar surface area (TPSA) is 55.1 Å². The van der Waals surface area contributed by atoms with E-state index in [9.17, 15) is 18.0 Å². The van der Waals surface area contributed by atoms with Crippen LogP contribution in [0.4, 0.5) is 18.9 Å². The number of nitrogens with zero attached hydrogens (tertiary/aromatic N) is 1. The van der Waals surface area contributed by atoms with Crippen molar-refractivity contribution >= 4 is 11.6 Å². The van der Waals surface area contributed by atoms with Crippen molar-refractivity contribution in [2.45, 2.75) is 31.9 Å². The Bertz CT molecular complexity index is 707. The molecule has 0 bridgehead atoms. The van der Waals surface area contributed by atoms with Gasteiger partial charge in [-0.25, -0.2) is 0 Å². The van der Waals surface area contributed by atoms with Crippen LogP contribution in [0.1, 0.15) is 40.2 Å². The minimum Gasteiger partial charge on any atom is -0.360 e. The number of carbonyl (C=O) groups is 1. The number of anilines is 1. The molecule has 22 heavy (non-hydrogen) atoms. The predicted molar refractivity (Wildman–Crippen MR) is 72.5 cm³/mol. The molecule has 7 heteroatoms. The lowest BCUT2D eigenvalue weighted by Gasteiger charge is -2.11. The van der Waals surface area contributed by atoms with Crippen LogP contribution in [0.5, 0.6) is 0 Å². The first-order valence-electron chi connectivity index (χ1n) is 6.91. The van der Waals surface area contributed by atoms with Crippen molar-refractivity contribution in [2.75, 3.05) is 5.32 Å². The second kappa shape index (κ2) is 5.47. The maximum Gasteiger partial charge on any atom is 0.416 e. The maximum absolute atomic E-state index is 12.7. The van der Waals surface area contributed by atoms with E-state index in [1.807, 2.05) is 0 Å². The van der Waals surface area contributed by atoms with Crippen LogP contribution < -0.4 is 5.32 Å². The molecule has 1 heterocycles. The maximum atomic E-state index is 12.7. The molecule has 0 saturated carbocycles. The molecular weight excluding hydrogens is 297 g/mol. The van der Waals surface area contributed by atoms with Crippen LogP contribution in [0.3, 0.4) is 0 Å². The Kier molecular flexibility index (Phi) is 3.64. The molecule has 0 aliphatic heterocycles. The van der Waals surface area contributed by atoms with Crippen molar-refractivity contribution in [1.29, 1.82) is 0 Å². The number of alkyl halides is 3. The van der Waals surface area contributed by atoms with Gasteiger partial charge in [-0.1, -0.05) is 11.2 Å². The second-order valence-corrected chi connectivity index (χ2v) is 5.17. The van der Waals surface area contributed by atoms with E-state index in [1.165, 1.54) is 12.1 Å². The van der Waals surface area contributed by atoms with Gasteiger partial charge in [0, 0.05) is 17.7 Å². The molecule has 1 N–H and O–H groups in total. The zero-order valence-electron chi connectivity index (χ0n) is 11.5. The third kappa shape index (κ3) is 2.84. The van der Waals surface area contributed by atoms with Gasteiger partial charge in [-0.15, -0.1) is 0 Å². The van der Waals surface area contributed by atoms with Gasteiger partial charge in [0.05, 0.1) is 5.56 Å². The summed E-state index contributed by atoms with van der Waals surface area (Å²) in [7, 11) is 0. The summed E-state index contributed by atoms with van der Waals surface area (Å²) < 4.78 is 43.1. The van der Waals surface area contributed by atoms with E-state index in [0.29, 0.717) is 12.2 Å². The fourth-order valence-electron chi connectivity index (χ4n) is 2.53.